The van der Waals surface area contributed by atoms with Gasteiger partial charge < -0.3 is 20.9 Å². The van der Waals surface area contributed by atoms with Crippen molar-refractivity contribution in [1.82, 2.24) is 15.5 Å². The van der Waals surface area contributed by atoms with Crippen LogP contribution >= 0.6 is 0 Å². The number of fused-ring (bicyclic) bond motifs is 1. The highest BCUT2D eigenvalue weighted by molar-refractivity contribution is 5.90. The summed E-state index contributed by atoms with van der Waals surface area (Å²) in [6.07, 6.45) is 1.97. The number of hydrogen-bond acceptors (Lipinski definition) is 5. The highest BCUT2D eigenvalue weighted by atomic mass is 16.2. The fourth-order valence-corrected chi connectivity index (χ4v) is 4.61. The molecule has 7 nitrogen and oxygen atoms in total. The van der Waals surface area contributed by atoms with E-state index in [-0.39, 0.29) is 29.9 Å². The van der Waals surface area contributed by atoms with E-state index in [2.05, 4.69) is 50.0 Å². The Morgan fingerprint density at radius 1 is 1.12 bits per heavy atom. The second-order valence-corrected chi connectivity index (χ2v) is 8.94. The van der Waals surface area contributed by atoms with Gasteiger partial charge in [0, 0.05) is 63.6 Å². The molecule has 3 atom stereocenters. The van der Waals surface area contributed by atoms with E-state index in [1.807, 2.05) is 44.4 Å². The van der Waals surface area contributed by atoms with E-state index in [1.54, 1.807) is 0 Å². The number of piperazine rings is 1. The van der Waals surface area contributed by atoms with Crippen LogP contribution in [0.1, 0.15) is 24.8 Å². The number of carbonyl (C=O) groups excluding carboxylic acids is 2. The number of anilines is 2. The van der Waals surface area contributed by atoms with Crippen molar-refractivity contribution in [2.75, 3.05) is 37.4 Å². The monoisotopic (exact) mass is 435 g/mol. The molecule has 3 unspecified atom stereocenters. The van der Waals surface area contributed by atoms with Crippen LogP contribution in [0.5, 0.6) is 0 Å². The molecule has 170 valence electrons. The summed E-state index contributed by atoms with van der Waals surface area (Å²) in [6.45, 7) is 2.22. The molecule has 2 saturated heterocycles. The van der Waals surface area contributed by atoms with Crippen molar-refractivity contribution < 1.29 is 9.59 Å². The number of nitrogens with one attached hydrogen (secondary N) is 3. The van der Waals surface area contributed by atoms with Crippen LogP contribution < -0.4 is 20.9 Å². The Kier molecular flexibility index (Phi) is 7.07. The van der Waals surface area contributed by atoms with Crippen LogP contribution in [0.4, 0.5) is 11.4 Å². The summed E-state index contributed by atoms with van der Waals surface area (Å²) in [5.41, 5.74) is 3.23. The minimum Gasteiger partial charge on any atom is -0.378 e. The lowest BCUT2D eigenvalue weighted by Gasteiger charge is -2.37. The summed E-state index contributed by atoms with van der Waals surface area (Å²) in [7, 11) is 4.07. The molecule has 0 radical (unpaired) electrons. The van der Waals surface area contributed by atoms with Gasteiger partial charge in [0.2, 0.25) is 11.8 Å². The number of hydrogen-bond donors (Lipinski definition) is 3. The molecule has 0 bridgehead atoms. The zero-order chi connectivity index (χ0) is 22.5. The Bertz CT molecular complexity index is 916. The highest BCUT2D eigenvalue weighted by Crippen LogP contribution is 2.26. The number of carbonyl (C=O) groups is 2. The van der Waals surface area contributed by atoms with E-state index in [0.29, 0.717) is 13.0 Å². The molecule has 2 heterocycles. The zero-order valence-corrected chi connectivity index (χ0v) is 18.9. The van der Waals surface area contributed by atoms with Gasteiger partial charge >= 0.3 is 0 Å². The Morgan fingerprint density at radius 3 is 2.59 bits per heavy atom. The van der Waals surface area contributed by atoms with Gasteiger partial charge in [0.25, 0.3) is 0 Å². The number of rotatable bonds is 8. The molecule has 2 aliphatic heterocycles. The van der Waals surface area contributed by atoms with Crippen LogP contribution in [0, 0.1) is 0 Å². The summed E-state index contributed by atoms with van der Waals surface area (Å²) >= 11 is 0. The van der Waals surface area contributed by atoms with Crippen LogP contribution in [-0.4, -0.2) is 62.0 Å². The summed E-state index contributed by atoms with van der Waals surface area (Å²) in [6, 6.07) is 18.4. The van der Waals surface area contributed by atoms with Gasteiger partial charge in [0.1, 0.15) is 0 Å². The van der Waals surface area contributed by atoms with Crippen LogP contribution in [0.3, 0.4) is 0 Å². The SMILES string of the molecule is CN(C)c1ccc(CNC2CC3C(=O)NCC(CCC(=O)Nc4ccccc4)N3C2)cc1. The van der Waals surface area contributed by atoms with Gasteiger partial charge in [0.05, 0.1) is 6.04 Å². The number of para-hydroxylation sites is 1. The zero-order valence-electron chi connectivity index (χ0n) is 18.9. The van der Waals surface area contributed by atoms with Crippen molar-refractivity contribution in [1.29, 1.82) is 0 Å². The van der Waals surface area contributed by atoms with E-state index in [1.165, 1.54) is 11.3 Å². The molecule has 7 heteroatoms. The molecular weight excluding hydrogens is 402 g/mol. The lowest BCUT2D eigenvalue weighted by Crippen LogP contribution is -2.57. The Hall–Kier alpha value is -2.90. The first-order chi connectivity index (χ1) is 15.5. The van der Waals surface area contributed by atoms with Crippen molar-refractivity contribution in [2.45, 2.75) is 43.9 Å². The fourth-order valence-electron chi connectivity index (χ4n) is 4.61. The molecule has 3 N–H and O–H groups in total. The third-order valence-corrected chi connectivity index (χ3v) is 6.43. The first-order valence-corrected chi connectivity index (χ1v) is 11.4. The van der Waals surface area contributed by atoms with Gasteiger partial charge in [-0.3, -0.25) is 14.5 Å². The maximum atomic E-state index is 12.5. The molecule has 2 fully saturated rings. The van der Waals surface area contributed by atoms with E-state index in [4.69, 9.17) is 0 Å². The maximum Gasteiger partial charge on any atom is 0.237 e. The predicted molar refractivity (Wildman–Crippen MR) is 128 cm³/mol. The fraction of sp³-hybridized carbons (Fsp3) is 0.440. The lowest BCUT2D eigenvalue weighted by atomic mass is 10.0. The summed E-state index contributed by atoms with van der Waals surface area (Å²) in [5.74, 6) is 0.120. The van der Waals surface area contributed by atoms with Crippen molar-refractivity contribution in [3.63, 3.8) is 0 Å². The van der Waals surface area contributed by atoms with Crippen molar-refractivity contribution in [2.24, 2.45) is 0 Å². The smallest absolute Gasteiger partial charge is 0.237 e. The predicted octanol–water partition coefficient (Wildman–Crippen LogP) is 2.20. The molecule has 2 aromatic rings. The molecular formula is C25H33N5O2. The van der Waals surface area contributed by atoms with Crippen molar-refractivity contribution in [3.05, 3.63) is 60.2 Å². The van der Waals surface area contributed by atoms with E-state index < -0.39 is 0 Å². The average molecular weight is 436 g/mol. The van der Waals surface area contributed by atoms with Gasteiger partial charge in [0.15, 0.2) is 0 Å². The standard InChI is InChI=1S/C25H33N5O2/c1-29(2)21-10-8-18(9-11-21)15-26-20-14-23-25(32)27-16-22(30(23)17-20)12-13-24(31)28-19-6-4-3-5-7-19/h3-11,20,22-23,26H,12-17H2,1-2H3,(H,27,32)(H,28,31). The van der Waals surface area contributed by atoms with Crippen LogP contribution in [-0.2, 0) is 16.1 Å². The normalized spacial score (nSPS) is 22.8. The molecule has 32 heavy (non-hydrogen) atoms. The third-order valence-electron chi connectivity index (χ3n) is 6.43. The van der Waals surface area contributed by atoms with E-state index in [9.17, 15) is 9.59 Å². The Labute approximate surface area is 190 Å². The third kappa shape index (κ3) is 5.47. The minimum atomic E-state index is -0.112. The summed E-state index contributed by atoms with van der Waals surface area (Å²) < 4.78 is 0. The maximum absolute atomic E-state index is 12.5. The number of benzene rings is 2. The van der Waals surface area contributed by atoms with Gasteiger partial charge in [-0.15, -0.1) is 0 Å². The lowest BCUT2D eigenvalue weighted by molar-refractivity contribution is -0.129. The van der Waals surface area contributed by atoms with Crippen LogP contribution in [0.15, 0.2) is 54.6 Å². The van der Waals surface area contributed by atoms with Gasteiger partial charge in [-0.2, -0.15) is 0 Å². The first-order valence-electron chi connectivity index (χ1n) is 11.4. The second kappa shape index (κ2) is 10.1. The molecule has 2 amide bonds. The van der Waals surface area contributed by atoms with Gasteiger partial charge in [-0.1, -0.05) is 30.3 Å². The number of nitrogens with zero attached hydrogens (tertiary/aromatic N) is 2. The van der Waals surface area contributed by atoms with E-state index >= 15 is 0 Å². The van der Waals surface area contributed by atoms with Crippen LogP contribution in [0.2, 0.25) is 0 Å². The topological polar surface area (TPSA) is 76.7 Å². The molecule has 2 aliphatic rings. The van der Waals surface area contributed by atoms with Gasteiger partial charge in [-0.25, -0.2) is 0 Å². The first kappa shape index (κ1) is 22.3. The van der Waals surface area contributed by atoms with Crippen LogP contribution in [0.25, 0.3) is 0 Å². The molecule has 2 aromatic carbocycles. The number of amides is 2. The molecule has 0 spiro atoms. The van der Waals surface area contributed by atoms with Crippen molar-refractivity contribution in [3.8, 4) is 0 Å². The average Bonchev–Trinajstić information content (AvgIpc) is 3.23. The molecule has 0 aliphatic carbocycles. The van der Waals surface area contributed by atoms with E-state index in [0.717, 1.165) is 31.6 Å². The summed E-state index contributed by atoms with van der Waals surface area (Å²) in [4.78, 5) is 29.2. The largest absolute Gasteiger partial charge is 0.378 e. The Morgan fingerprint density at radius 2 is 1.88 bits per heavy atom. The molecule has 0 aromatic heterocycles. The highest BCUT2D eigenvalue weighted by Gasteiger charge is 2.43. The quantitative estimate of drug-likeness (QED) is 0.593. The Balaban J connectivity index is 1.28. The summed E-state index contributed by atoms with van der Waals surface area (Å²) in [5, 5.41) is 9.62. The molecule has 0 saturated carbocycles. The van der Waals surface area contributed by atoms with Gasteiger partial charge in [-0.05, 0) is 42.7 Å². The molecule has 4 rings (SSSR count). The van der Waals surface area contributed by atoms with Crippen molar-refractivity contribution >= 4 is 23.2 Å². The second-order valence-electron chi connectivity index (χ2n) is 8.94. The minimum absolute atomic E-state index is 0.0136.